The molecule has 4 aromatic rings. The molecule has 4 heterocycles. The summed E-state index contributed by atoms with van der Waals surface area (Å²) in [6.07, 6.45) is 1.72. The van der Waals surface area contributed by atoms with E-state index in [2.05, 4.69) is 29.9 Å². The molecule has 0 unspecified atom stereocenters. The van der Waals surface area contributed by atoms with Gasteiger partial charge in [-0.1, -0.05) is 11.3 Å². The van der Waals surface area contributed by atoms with E-state index in [0.717, 1.165) is 5.82 Å². The quantitative estimate of drug-likeness (QED) is 0.245. The van der Waals surface area contributed by atoms with Gasteiger partial charge in [-0.2, -0.15) is 4.68 Å². The van der Waals surface area contributed by atoms with Crippen molar-refractivity contribution in [3.05, 3.63) is 80.9 Å². The van der Waals surface area contributed by atoms with Gasteiger partial charge in [0.05, 0.1) is 5.69 Å². The van der Waals surface area contributed by atoms with Crippen LogP contribution in [-0.2, 0) is 10.0 Å². The van der Waals surface area contributed by atoms with Gasteiger partial charge in [-0.3, -0.25) is 19.3 Å². The third-order valence-corrected chi connectivity index (χ3v) is 7.69. The maximum atomic E-state index is 13.1. The Bertz CT molecular complexity index is 1740. The molecule has 0 radical (unpaired) electrons. The first-order valence-corrected chi connectivity index (χ1v) is 13.3. The van der Waals surface area contributed by atoms with E-state index in [0.29, 0.717) is 31.9 Å². The van der Waals surface area contributed by atoms with Crippen molar-refractivity contribution in [2.24, 2.45) is 0 Å². The SMILES string of the molecule is Cc1[nH]c(=O)[nH]c(=O)c1S(=O)(=O)Nc1ccc(-n2nnc(C(=O)N3CCN(c4ccccn4)CC3)c2N)cc1. The Labute approximate surface area is 221 Å². The second kappa shape index (κ2) is 10.1. The molecule has 1 saturated heterocycles. The number of nitrogens with one attached hydrogen (secondary N) is 3. The van der Waals surface area contributed by atoms with Gasteiger partial charge in [-0.25, -0.2) is 18.2 Å². The number of nitrogens with zero attached hydrogens (tertiary/aromatic N) is 6. The average molecular weight is 553 g/mol. The number of hydrogen-bond donors (Lipinski definition) is 4. The number of H-pyrrole nitrogens is 2. The van der Waals surface area contributed by atoms with Crippen LogP contribution in [0.4, 0.5) is 17.3 Å². The standard InChI is InChI=1S/C23H24N10O5S/c1-14-19(21(34)27-23(36)26-14)39(37,38)29-15-5-7-16(8-6-15)33-20(24)18(28-30-33)22(35)32-12-10-31(11-13-32)17-4-2-3-9-25-17/h2-9,29H,10-13,24H2,1H3,(H2,26,27,34,36). The number of pyridine rings is 1. The van der Waals surface area contributed by atoms with E-state index < -0.39 is 26.2 Å². The van der Waals surface area contributed by atoms with Crippen molar-refractivity contribution >= 4 is 33.3 Å². The minimum Gasteiger partial charge on any atom is -0.382 e. The number of aryl methyl sites for hydroxylation is 1. The van der Waals surface area contributed by atoms with Gasteiger partial charge in [-0.15, -0.1) is 5.10 Å². The molecule has 39 heavy (non-hydrogen) atoms. The van der Waals surface area contributed by atoms with Crippen LogP contribution in [0.5, 0.6) is 0 Å². The number of aromatic amines is 2. The minimum absolute atomic E-state index is 0.0128. The van der Waals surface area contributed by atoms with Crippen LogP contribution in [0.1, 0.15) is 16.2 Å². The zero-order valence-electron chi connectivity index (χ0n) is 20.7. The molecular formula is C23H24N10O5S. The Hall–Kier alpha value is -4.99. The van der Waals surface area contributed by atoms with Gasteiger partial charge in [0.15, 0.2) is 16.4 Å². The third-order valence-electron chi connectivity index (χ3n) is 6.16. The number of anilines is 3. The van der Waals surface area contributed by atoms with Gasteiger partial charge in [-0.05, 0) is 43.3 Å². The normalized spacial score (nSPS) is 13.9. The molecular weight excluding hydrogens is 528 g/mol. The second-order valence-electron chi connectivity index (χ2n) is 8.72. The van der Waals surface area contributed by atoms with Crippen molar-refractivity contribution in [1.29, 1.82) is 0 Å². The number of piperazine rings is 1. The lowest BCUT2D eigenvalue weighted by Gasteiger charge is -2.35. The van der Waals surface area contributed by atoms with Crippen molar-refractivity contribution in [3.63, 3.8) is 0 Å². The Balaban J connectivity index is 1.29. The van der Waals surface area contributed by atoms with E-state index in [1.54, 1.807) is 11.1 Å². The Morgan fingerprint density at radius 1 is 1.03 bits per heavy atom. The summed E-state index contributed by atoms with van der Waals surface area (Å²) in [6.45, 7) is 3.46. The molecule has 5 N–H and O–H groups in total. The molecule has 202 valence electrons. The summed E-state index contributed by atoms with van der Waals surface area (Å²) >= 11 is 0. The summed E-state index contributed by atoms with van der Waals surface area (Å²) in [5, 5.41) is 7.99. The van der Waals surface area contributed by atoms with Crippen molar-refractivity contribution in [1.82, 2.24) is 34.8 Å². The number of rotatable bonds is 6. The fraction of sp³-hybridized carbons (Fsp3) is 0.217. The number of aromatic nitrogens is 6. The number of amides is 1. The molecule has 1 amide bonds. The van der Waals surface area contributed by atoms with Gasteiger partial charge in [0.25, 0.3) is 21.5 Å². The van der Waals surface area contributed by atoms with Crippen LogP contribution in [0.25, 0.3) is 5.69 Å². The van der Waals surface area contributed by atoms with Crippen molar-refractivity contribution in [2.45, 2.75) is 11.8 Å². The smallest absolute Gasteiger partial charge is 0.325 e. The van der Waals surface area contributed by atoms with E-state index in [9.17, 15) is 22.8 Å². The molecule has 16 heteroatoms. The van der Waals surface area contributed by atoms with Crippen LogP contribution in [0.3, 0.4) is 0 Å². The average Bonchev–Trinajstić information content (AvgIpc) is 3.29. The molecule has 1 aliphatic rings. The molecule has 0 aliphatic carbocycles. The van der Waals surface area contributed by atoms with Crippen LogP contribution in [0.15, 0.2) is 63.1 Å². The minimum atomic E-state index is -4.30. The zero-order chi connectivity index (χ0) is 27.7. The van der Waals surface area contributed by atoms with Crippen molar-refractivity contribution in [3.8, 4) is 5.69 Å². The summed E-state index contributed by atoms with van der Waals surface area (Å²) in [7, 11) is -4.30. The molecule has 3 aromatic heterocycles. The molecule has 0 saturated carbocycles. The summed E-state index contributed by atoms with van der Waals surface area (Å²) in [5.74, 6) is 0.544. The summed E-state index contributed by atoms with van der Waals surface area (Å²) in [4.78, 5) is 48.2. The second-order valence-corrected chi connectivity index (χ2v) is 10.3. The lowest BCUT2D eigenvalue weighted by molar-refractivity contribution is 0.0741. The zero-order valence-corrected chi connectivity index (χ0v) is 21.5. The Morgan fingerprint density at radius 3 is 2.38 bits per heavy atom. The number of carbonyl (C=O) groups is 1. The van der Waals surface area contributed by atoms with E-state index in [-0.39, 0.29) is 28.8 Å². The highest BCUT2D eigenvalue weighted by Gasteiger charge is 2.28. The van der Waals surface area contributed by atoms with Crippen LogP contribution in [0, 0.1) is 6.92 Å². The van der Waals surface area contributed by atoms with Crippen LogP contribution >= 0.6 is 0 Å². The number of sulfonamides is 1. The molecule has 0 spiro atoms. The number of nitrogen functional groups attached to an aromatic ring is 1. The van der Waals surface area contributed by atoms with Crippen molar-refractivity contribution in [2.75, 3.05) is 41.5 Å². The van der Waals surface area contributed by atoms with Gasteiger partial charge in [0, 0.05) is 43.8 Å². The molecule has 15 nitrogen and oxygen atoms in total. The molecule has 1 aliphatic heterocycles. The lowest BCUT2D eigenvalue weighted by atomic mass is 10.2. The predicted molar refractivity (Wildman–Crippen MR) is 141 cm³/mol. The summed E-state index contributed by atoms with van der Waals surface area (Å²) in [6, 6.07) is 11.6. The maximum absolute atomic E-state index is 13.1. The molecule has 1 aromatic carbocycles. The summed E-state index contributed by atoms with van der Waals surface area (Å²) < 4.78 is 29.1. The highest BCUT2D eigenvalue weighted by molar-refractivity contribution is 7.92. The number of hydrogen-bond acceptors (Lipinski definition) is 10. The predicted octanol–water partition coefficient (Wildman–Crippen LogP) is -0.307. The van der Waals surface area contributed by atoms with Gasteiger partial charge < -0.3 is 20.5 Å². The first kappa shape index (κ1) is 25.7. The van der Waals surface area contributed by atoms with E-state index >= 15 is 0 Å². The Morgan fingerprint density at radius 2 is 1.74 bits per heavy atom. The van der Waals surface area contributed by atoms with Gasteiger partial charge in [0.1, 0.15) is 5.82 Å². The largest absolute Gasteiger partial charge is 0.382 e. The molecule has 1 fully saturated rings. The highest BCUT2D eigenvalue weighted by Crippen LogP contribution is 2.21. The van der Waals surface area contributed by atoms with Gasteiger partial charge in [0.2, 0.25) is 0 Å². The van der Waals surface area contributed by atoms with Crippen LogP contribution in [-0.4, -0.2) is 75.3 Å². The first-order valence-electron chi connectivity index (χ1n) is 11.8. The van der Waals surface area contributed by atoms with Crippen molar-refractivity contribution < 1.29 is 13.2 Å². The highest BCUT2D eigenvalue weighted by atomic mass is 32.2. The first-order chi connectivity index (χ1) is 18.6. The van der Waals surface area contributed by atoms with E-state index in [4.69, 9.17) is 5.73 Å². The van der Waals surface area contributed by atoms with E-state index in [1.807, 2.05) is 23.2 Å². The fourth-order valence-corrected chi connectivity index (χ4v) is 5.55. The number of nitrogens with two attached hydrogens (primary N) is 1. The van der Waals surface area contributed by atoms with Crippen LogP contribution < -0.4 is 26.6 Å². The molecule has 5 rings (SSSR count). The fourth-order valence-electron chi connectivity index (χ4n) is 4.25. The summed E-state index contributed by atoms with van der Waals surface area (Å²) in [5.41, 5.74) is 4.86. The monoisotopic (exact) mass is 552 g/mol. The third kappa shape index (κ3) is 5.08. The molecule has 0 atom stereocenters. The van der Waals surface area contributed by atoms with E-state index in [1.165, 1.54) is 35.9 Å². The number of benzene rings is 1. The topological polar surface area (TPSA) is 205 Å². The molecule has 0 bridgehead atoms. The Kier molecular flexibility index (Phi) is 6.61. The van der Waals surface area contributed by atoms with Gasteiger partial charge >= 0.3 is 5.69 Å². The van der Waals surface area contributed by atoms with Crippen LogP contribution in [0.2, 0.25) is 0 Å². The number of carbonyl (C=O) groups excluding carboxylic acids is 1. The lowest BCUT2D eigenvalue weighted by Crippen LogP contribution is -2.49. The maximum Gasteiger partial charge on any atom is 0.325 e.